The molecule has 1 saturated heterocycles. The lowest BCUT2D eigenvalue weighted by Crippen LogP contribution is -2.32. The number of anilines is 2. The Kier molecular flexibility index (Phi) is 4.06. The predicted molar refractivity (Wildman–Crippen MR) is 72.4 cm³/mol. The van der Waals surface area contributed by atoms with Crippen molar-refractivity contribution in [2.75, 3.05) is 30.3 Å². The molecule has 18 heavy (non-hydrogen) atoms. The maximum atomic E-state index is 8.96. The molecule has 1 aromatic carbocycles. The number of rotatable bonds is 4. The van der Waals surface area contributed by atoms with Crippen LogP contribution in [0.2, 0.25) is 0 Å². The molecule has 0 saturated carbocycles. The summed E-state index contributed by atoms with van der Waals surface area (Å²) in [5.41, 5.74) is 8.30. The zero-order valence-electron chi connectivity index (χ0n) is 10.7. The summed E-state index contributed by atoms with van der Waals surface area (Å²) < 4.78 is 5.66. The number of nitriles is 1. The van der Waals surface area contributed by atoms with Crippen LogP contribution in [0.3, 0.4) is 0 Å². The van der Waals surface area contributed by atoms with Gasteiger partial charge in [0, 0.05) is 19.7 Å². The Bertz CT molecular complexity index is 447. The second-order valence-corrected chi connectivity index (χ2v) is 4.56. The van der Waals surface area contributed by atoms with Gasteiger partial charge in [0.2, 0.25) is 0 Å². The molecule has 1 aliphatic heterocycles. The zero-order valence-corrected chi connectivity index (χ0v) is 10.7. The molecule has 1 unspecified atom stereocenters. The maximum Gasteiger partial charge on any atom is 0.0992 e. The number of hydrogen-bond acceptors (Lipinski definition) is 4. The number of hydrogen-bond donors (Lipinski definition) is 1. The van der Waals surface area contributed by atoms with Gasteiger partial charge >= 0.3 is 0 Å². The lowest BCUT2D eigenvalue weighted by atomic mass is 10.1. The summed E-state index contributed by atoms with van der Waals surface area (Å²) in [6.45, 7) is 4.65. The van der Waals surface area contributed by atoms with Gasteiger partial charge in [-0.25, -0.2) is 0 Å². The van der Waals surface area contributed by atoms with Crippen LogP contribution in [0, 0.1) is 11.3 Å². The number of nitrogens with two attached hydrogens (primary N) is 1. The summed E-state index contributed by atoms with van der Waals surface area (Å²) in [7, 11) is 0. The van der Waals surface area contributed by atoms with Crippen molar-refractivity contribution in [3.8, 4) is 6.07 Å². The average Bonchev–Trinajstić information content (AvgIpc) is 2.90. The van der Waals surface area contributed by atoms with E-state index in [1.807, 2.05) is 6.07 Å². The topological polar surface area (TPSA) is 62.3 Å². The first-order chi connectivity index (χ1) is 8.74. The molecule has 0 aromatic heterocycles. The first-order valence-electron chi connectivity index (χ1n) is 6.40. The molecule has 0 spiro atoms. The summed E-state index contributed by atoms with van der Waals surface area (Å²) in [5.74, 6) is 0. The Morgan fingerprint density at radius 3 is 3.00 bits per heavy atom. The summed E-state index contributed by atoms with van der Waals surface area (Å²) in [4.78, 5) is 2.19. The molecule has 4 nitrogen and oxygen atoms in total. The van der Waals surface area contributed by atoms with Crippen molar-refractivity contribution in [2.45, 2.75) is 25.9 Å². The van der Waals surface area contributed by atoms with Gasteiger partial charge < -0.3 is 15.4 Å². The van der Waals surface area contributed by atoms with E-state index in [4.69, 9.17) is 15.7 Å². The van der Waals surface area contributed by atoms with Crippen molar-refractivity contribution in [3.63, 3.8) is 0 Å². The molecule has 2 N–H and O–H groups in total. The quantitative estimate of drug-likeness (QED) is 0.826. The molecule has 0 radical (unpaired) electrons. The van der Waals surface area contributed by atoms with E-state index in [-0.39, 0.29) is 6.10 Å². The molecular formula is C14H19N3O. The smallest absolute Gasteiger partial charge is 0.0992 e. The maximum absolute atomic E-state index is 8.96. The molecule has 2 rings (SSSR count). The highest BCUT2D eigenvalue weighted by molar-refractivity contribution is 5.69. The fourth-order valence-electron chi connectivity index (χ4n) is 2.32. The monoisotopic (exact) mass is 245 g/mol. The second kappa shape index (κ2) is 5.74. The minimum Gasteiger partial charge on any atom is -0.397 e. The molecule has 1 heterocycles. The van der Waals surface area contributed by atoms with Gasteiger partial charge in [0.25, 0.3) is 0 Å². The Morgan fingerprint density at radius 1 is 1.56 bits per heavy atom. The minimum absolute atomic E-state index is 0.287. The molecule has 1 aliphatic rings. The second-order valence-electron chi connectivity index (χ2n) is 4.56. The summed E-state index contributed by atoms with van der Waals surface area (Å²) >= 11 is 0. The molecule has 1 atom stereocenters. The number of benzene rings is 1. The van der Waals surface area contributed by atoms with Crippen LogP contribution >= 0.6 is 0 Å². The highest BCUT2D eigenvalue weighted by Gasteiger charge is 2.19. The standard InChI is InChI=1S/C14H19N3O/c1-2-17(10-12-4-3-7-18-12)14-8-11(9-15)5-6-13(14)16/h5-6,8,12H,2-4,7,10,16H2,1H3. The Labute approximate surface area is 108 Å². The van der Waals surface area contributed by atoms with Crippen LogP contribution in [-0.2, 0) is 4.74 Å². The highest BCUT2D eigenvalue weighted by Crippen LogP contribution is 2.26. The van der Waals surface area contributed by atoms with E-state index in [1.165, 1.54) is 0 Å². The third-order valence-electron chi connectivity index (χ3n) is 3.33. The van der Waals surface area contributed by atoms with E-state index in [0.29, 0.717) is 11.3 Å². The van der Waals surface area contributed by atoms with E-state index in [0.717, 1.165) is 38.2 Å². The molecule has 0 aliphatic carbocycles. The van der Waals surface area contributed by atoms with Crippen LogP contribution in [0.1, 0.15) is 25.3 Å². The summed E-state index contributed by atoms with van der Waals surface area (Å²) in [6, 6.07) is 7.56. The van der Waals surface area contributed by atoms with Crippen LogP contribution in [0.4, 0.5) is 11.4 Å². The lowest BCUT2D eigenvalue weighted by molar-refractivity contribution is 0.116. The fraction of sp³-hybridized carbons (Fsp3) is 0.500. The van der Waals surface area contributed by atoms with Crippen LogP contribution in [0.25, 0.3) is 0 Å². The molecule has 96 valence electrons. The Morgan fingerprint density at radius 2 is 2.39 bits per heavy atom. The van der Waals surface area contributed by atoms with Gasteiger partial charge in [-0.15, -0.1) is 0 Å². The van der Waals surface area contributed by atoms with Gasteiger partial charge in [-0.2, -0.15) is 5.26 Å². The van der Waals surface area contributed by atoms with Crippen molar-refractivity contribution in [2.24, 2.45) is 0 Å². The minimum atomic E-state index is 0.287. The van der Waals surface area contributed by atoms with Crippen molar-refractivity contribution in [3.05, 3.63) is 23.8 Å². The van der Waals surface area contributed by atoms with Crippen LogP contribution in [-0.4, -0.2) is 25.8 Å². The summed E-state index contributed by atoms with van der Waals surface area (Å²) in [5, 5.41) is 8.96. The molecule has 0 amide bonds. The van der Waals surface area contributed by atoms with Gasteiger partial charge in [0.1, 0.15) is 0 Å². The molecule has 1 aromatic rings. The van der Waals surface area contributed by atoms with E-state index >= 15 is 0 Å². The van der Waals surface area contributed by atoms with Crippen LogP contribution in [0.5, 0.6) is 0 Å². The SMILES string of the molecule is CCN(CC1CCCO1)c1cc(C#N)ccc1N. The molecule has 1 fully saturated rings. The first kappa shape index (κ1) is 12.7. The molecular weight excluding hydrogens is 226 g/mol. The van der Waals surface area contributed by atoms with Gasteiger partial charge in [-0.1, -0.05) is 0 Å². The van der Waals surface area contributed by atoms with E-state index < -0.39 is 0 Å². The Hall–Kier alpha value is -1.73. The Balaban J connectivity index is 2.18. The van der Waals surface area contributed by atoms with Gasteiger partial charge in [0.05, 0.1) is 29.1 Å². The number of likely N-dealkylation sites (N-methyl/N-ethyl adjacent to an activating group) is 1. The van der Waals surface area contributed by atoms with Gasteiger partial charge in [0.15, 0.2) is 0 Å². The third kappa shape index (κ3) is 2.74. The lowest BCUT2D eigenvalue weighted by Gasteiger charge is -2.27. The first-order valence-corrected chi connectivity index (χ1v) is 6.40. The van der Waals surface area contributed by atoms with Crippen molar-refractivity contribution >= 4 is 11.4 Å². The van der Waals surface area contributed by atoms with E-state index in [2.05, 4.69) is 17.9 Å². The normalized spacial score (nSPS) is 18.6. The number of ether oxygens (including phenoxy) is 1. The predicted octanol–water partition coefficient (Wildman–Crippen LogP) is 2.15. The van der Waals surface area contributed by atoms with Crippen molar-refractivity contribution in [1.82, 2.24) is 0 Å². The van der Waals surface area contributed by atoms with E-state index in [1.54, 1.807) is 12.1 Å². The molecule has 0 bridgehead atoms. The van der Waals surface area contributed by atoms with E-state index in [9.17, 15) is 0 Å². The van der Waals surface area contributed by atoms with Gasteiger partial charge in [-0.3, -0.25) is 0 Å². The largest absolute Gasteiger partial charge is 0.397 e. The number of nitrogen functional groups attached to an aromatic ring is 1. The summed E-state index contributed by atoms with van der Waals surface area (Å²) in [6.07, 6.45) is 2.53. The highest BCUT2D eigenvalue weighted by atomic mass is 16.5. The zero-order chi connectivity index (χ0) is 13.0. The van der Waals surface area contributed by atoms with Gasteiger partial charge in [-0.05, 0) is 38.0 Å². The average molecular weight is 245 g/mol. The van der Waals surface area contributed by atoms with Crippen LogP contribution in [0.15, 0.2) is 18.2 Å². The number of nitrogens with zero attached hydrogens (tertiary/aromatic N) is 2. The third-order valence-corrected chi connectivity index (χ3v) is 3.33. The fourth-order valence-corrected chi connectivity index (χ4v) is 2.32. The molecule has 4 heteroatoms. The van der Waals surface area contributed by atoms with Crippen LogP contribution < -0.4 is 10.6 Å². The van der Waals surface area contributed by atoms with Crippen molar-refractivity contribution < 1.29 is 4.74 Å². The van der Waals surface area contributed by atoms with Crippen molar-refractivity contribution in [1.29, 1.82) is 5.26 Å².